The van der Waals surface area contributed by atoms with E-state index in [4.69, 9.17) is 9.47 Å². The molecule has 2 N–H and O–H groups in total. The van der Waals surface area contributed by atoms with Gasteiger partial charge in [-0.05, 0) is 61.7 Å². The zero-order chi connectivity index (χ0) is 24.2. The molecular weight excluding hydrogens is 441 g/mol. The van der Waals surface area contributed by atoms with Gasteiger partial charge in [-0.15, -0.1) is 0 Å². The molecule has 0 radical (unpaired) electrons. The van der Waals surface area contributed by atoms with E-state index >= 15 is 0 Å². The molecule has 0 aliphatic carbocycles. The molecule has 1 unspecified atom stereocenters. The molecule has 10 heteroatoms. The SMILES string of the molecule is CCOc1cc2c(cc1OCC)C(CC(=O)O)N(C(=O)Nc1cccc(C(F)(F)F)c1)CC2. The van der Waals surface area contributed by atoms with Crippen LogP contribution in [0.15, 0.2) is 36.4 Å². The molecule has 2 aromatic rings. The van der Waals surface area contributed by atoms with Gasteiger partial charge in [-0.1, -0.05) is 6.07 Å². The summed E-state index contributed by atoms with van der Waals surface area (Å²) in [7, 11) is 0. The second kappa shape index (κ2) is 10.0. The number of aliphatic carboxylic acids is 1. The Hall–Kier alpha value is -3.43. The number of hydrogen-bond acceptors (Lipinski definition) is 4. The van der Waals surface area contributed by atoms with Crippen LogP contribution in [0.2, 0.25) is 0 Å². The van der Waals surface area contributed by atoms with Crippen molar-refractivity contribution in [1.29, 1.82) is 0 Å². The van der Waals surface area contributed by atoms with Crippen LogP contribution in [0.4, 0.5) is 23.7 Å². The predicted molar refractivity (Wildman–Crippen MR) is 115 cm³/mol. The highest BCUT2D eigenvalue weighted by Crippen LogP contribution is 2.40. The van der Waals surface area contributed by atoms with Crippen LogP contribution in [0.1, 0.15) is 43.0 Å². The lowest BCUT2D eigenvalue weighted by Crippen LogP contribution is -2.43. The molecule has 1 aliphatic rings. The number of benzene rings is 2. The summed E-state index contributed by atoms with van der Waals surface area (Å²) in [6.07, 6.45) is -4.50. The summed E-state index contributed by atoms with van der Waals surface area (Å²) >= 11 is 0. The fourth-order valence-electron chi connectivity index (χ4n) is 3.84. The van der Waals surface area contributed by atoms with Crippen molar-refractivity contribution < 1.29 is 37.3 Å². The number of hydrogen-bond donors (Lipinski definition) is 2. The number of urea groups is 1. The fourth-order valence-corrected chi connectivity index (χ4v) is 3.84. The van der Waals surface area contributed by atoms with E-state index in [1.54, 1.807) is 19.1 Å². The van der Waals surface area contributed by atoms with Crippen molar-refractivity contribution in [3.63, 3.8) is 0 Å². The molecule has 7 nitrogen and oxygen atoms in total. The van der Waals surface area contributed by atoms with Gasteiger partial charge in [0.1, 0.15) is 0 Å². The maximum absolute atomic E-state index is 13.0. The van der Waals surface area contributed by atoms with Gasteiger partial charge in [0, 0.05) is 12.2 Å². The zero-order valence-corrected chi connectivity index (χ0v) is 18.2. The summed E-state index contributed by atoms with van der Waals surface area (Å²) in [6, 6.07) is 6.25. The highest BCUT2D eigenvalue weighted by atomic mass is 19.4. The minimum atomic E-state index is -4.55. The van der Waals surface area contributed by atoms with Gasteiger partial charge in [-0.25, -0.2) is 4.79 Å². The van der Waals surface area contributed by atoms with Gasteiger partial charge in [-0.2, -0.15) is 13.2 Å². The minimum absolute atomic E-state index is 0.0311. The lowest BCUT2D eigenvalue weighted by molar-refractivity contribution is -0.139. The van der Waals surface area contributed by atoms with Crippen LogP contribution in [0.3, 0.4) is 0 Å². The second-order valence-electron chi connectivity index (χ2n) is 7.43. The van der Waals surface area contributed by atoms with Crippen LogP contribution in [-0.4, -0.2) is 41.8 Å². The summed E-state index contributed by atoms with van der Waals surface area (Å²) in [4.78, 5) is 25.9. The summed E-state index contributed by atoms with van der Waals surface area (Å²) in [5, 5.41) is 11.9. The number of ether oxygens (including phenoxy) is 2. The van der Waals surface area contributed by atoms with Crippen LogP contribution < -0.4 is 14.8 Å². The Labute approximate surface area is 189 Å². The molecule has 2 amide bonds. The number of anilines is 1. The molecule has 1 heterocycles. The molecule has 33 heavy (non-hydrogen) atoms. The van der Waals surface area contributed by atoms with Crippen molar-refractivity contribution in [2.75, 3.05) is 25.1 Å². The standard InChI is InChI=1S/C23H25F3N2O5/c1-3-32-19-10-14-8-9-28(18(13-21(29)30)17(14)12-20(19)33-4-2)22(31)27-16-7-5-6-15(11-16)23(24,25)26/h5-7,10-12,18H,3-4,8-9,13H2,1-2H3,(H,27,31)(H,29,30). The highest BCUT2D eigenvalue weighted by molar-refractivity contribution is 5.90. The van der Waals surface area contributed by atoms with Gasteiger partial charge < -0.3 is 24.8 Å². The zero-order valence-electron chi connectivity index (χ0n) is 18.2. The first-order chi connectivity index (χ1) is 15.6. The van der Waals surface area contributed by atoms with E-state index in [0.717, 1.165) is 17.7 Å². The van der Waals surface area contributed by atoms with E-state index in [-0.39, 0.29) is 18.7 Å². The smallest absolute Gasteiger partial charge is 0.416 e. The monoisotopic (exact) mass is 466 g/mol. The number of amides is 2. The number of carboxylic acid groups (broad SMARTS) is 1. The summed E-state index contributed by atoms with van der Waals surface area (Å²) in [6.45, 7) is 4.61. The second-order valence-corrected chi connectivity index (χ2v) is 7.43. The van der Waals surface area contributed by atoms with E-state index < -0.39 is 29.8 Å². The van der Waals surface area contributed by atoms with E-state index in [1.165, 1.54) is 17.0 Å². The topological polar surface area (TPSA) is 88.1 Å². The van der Waals surface area contributed by atoms with Crippen molar-refractivity contribution in [1.82, 2.24) is 4.90 Å². The number of fused-ring (bicyclic) bond motifs is 1. The molecule has 0 bridgehead atoms. The summed E-state index contributed by atoms with van der Waals surface area (Å²) in [5.74, 6) is -0.140. The minimum Gasteiger partial charge on any atom is -0.490 e. The molecule has 0 saturated carbocycles. The predicted octanol–water partition coefficient (Wildman–Crippen LogP) is 5.11. The third-order valence-electron chi connectivity index (χ3n) is 5.23. The number of rotatable bonds is 7. The maximum Gasteiger partial charge on any atom is 0.416 e. The highest BCUT2D eigenvalue weighted by Gasteiger charge is 2.35. The van der Waals surface area contributed by atoms with Crippen LogP contribution in [-0.2, 0) is 17.4 Å². The van der Waals surface area contributed by atoms with Crippen molar-refractivity contribution in [3.8, 4) is 11.5 Å². The Bertz CT molecular complexity index is 1030. The summed E-state index contributed by atoms with van der Waals surface area (Å²) in [5.41, 5.74) is 0.513. The van der Waals surface area contributed by atoms with Gasteiger partial charge in [-0.3, -0.25) is 4.79 Å². The normalized spacial score (nSPS) is 15.5. The number of nitrogens with zero attached hydrogens (tertiary/aromatic N) is 1. The van der Waals surface area contributed by atoms with Crippen LogP contribution in [0.5, 0.6) is 11.5 Å². The molecule has 0 spiro atoms. The van der Waals surface area contributed by atoms with Gasteiger partial charge in [0.25, 0.3) is 0 Å². The number of carbonyl (C=O) groups is 2. The average molecular weight is 466 g/mol. The lowest BCUT2D eigenvalue weighted by Gasteiger charge is -2.37. The number of halogens is 3. The maximum atomic E-state index is 13.0. The Morgan fingerprint density at radius 2 is 1.79 bits per heavy atom. The van der Waals surface area contributed by atoms with E-state index in [1.807, 2.05) is 6.92 Å². The molecule has 1 aliphatic heterocycles. The quantitative estimate of drug-likeness (QED) is 0.592. The van der Waals surface area contributed by atoms with Gasteiger partial charge in [0.15, 0.2) is 11.5 Å². The van der Waals surface area contributed by atoms with E-state index in [9.17, 15) is 27.9 Å². The fraction of sp³-hybridized carbons (Fsp3) is 0.391. The van der Waals surface area contributed by atoms with Crippen molar-refractivity contribution in [3.05, 3.63) is 53.1 Å². The van der Waals surface area contributed by atoms with Gasteiger partial charge >= 0.3 is 18.2 Å². The van der Waals surface area contributed by atoms with E-state index in [0.29, 0.717) is 36.7 Å². The van der Waals surface area contributed by atoms with Crippen LogP contribution in [0.25, 0.3) is 0 Å². The Balaban J connectivity index is 1.93. The molecule has 2 aromatic carbocycles. The Morgan fingerprint density at radius 3 is 2.39 bits per heavy atom. The first-order valence-electron chi connectivity index (χ1n) is 10.5. The van der Waals surface area contributed by atoms with Crippen LogP contribution >= 0.6 is 0 Å². The van der Waals surface area contributed by atoms with E-state index in [2.05, 4.69) is 5.32 Å². The number of alkyl halides is 3. The third-order valence-corrected chi connectivity index (χ3v) is 5.23. The molecule has 0 fully saturated rings. The average Bonchev–Trinajstić information content (AvgIpc) is 2.74. The number of carboxylic acids is 1. The number of nitrogens with one attached hydrogen (secondary N) is 1. The Kier molecular flexibility index (Phi) is 7.35. The van der Waals surface area contributed by atoms with Crippen molar-refractivity contribution >= 4 is 17.7 Å². The molecule has 178 valence electrons. The molecule has 0 saturated heterocycles. The van der Waals surface area contributed by atoms with Crippen molar-refractivity contribution in [2.24, 2.45) is 0 Å². The molecule has 0 aromatic heterocycles. The first kappa shape index (κ1) is 24.2. The lowest BCUT2D eigenvalue weighted by atomic mass is 9.90. The first-order valence-corrected chi connectivity index (χ1v) is 10.5. The number of carbonyl (C=O) groups excluding carboxylic acids is 1. The molecular formula is C23H25F3N2O5. The van der Waals surface area contributed by atoms with Gasteiger partial charge in [0.2, 0.25) is 0 Å². The molecule has 3 rings (SSSR count). The van der Waals surface area contributed by atoms with Crippen LogP contribution in [0, 0.1) is 0 Å². The summed E-state index contributed by atoms with van der Waals surface area (Å²) < 4.78 is 50.3. The third kappa shape index (κ3) is 5.68. The van der Waals surface area contributed by atoms with Gasteiger partial charge in [0.05, 0.1) is 31.2 Å². The Morgan fingerprint density at radius 1 is 1.12 bits per heavy atom. The van der Waals surface area contributed by atoms with Crippen molar-refractivity contribution in [2.45, 2.75) is 38.9 Å². The largest absolute Gasteiger partial charge is 0.490 e. The molecule has 1 atom stereocenters.